The van der Waals surface area contributed by atoms with E-state index in [2.05, 4.69) is 4.98 Å². The lowest BCUT2D eigenvalue weighted by Crippen LogP contribution is -2.18. The normalized spacial score (nSPS) is 13.8. The van der Waals surface area contributed by atoms with Gasteiger partial charge in [-0.15, -0.1) is 0 Å². The number of alkyl halides is 3. The van der Waals surface area contributed by atoms with Crippen LogP contribution in [0.5, 0.6) is 11.5 Å². The first-order valence-electron chi connectivity index (χ1n) is 6.18. The van der Waals surface area contributed by atoms with Crippen molar-refractivity contribution in [2.45, 2.75) is 5.38 Å². The van der Waals surface area contributed by atoms with E-state index in [9.17, 15) is 13.6 Å². The van der Waals surface area contributed by atoms with E-state index in [-0.39, 0.29) is 12.5 Å². The number of ether oxygens (including phenoxy) is 2. The Bertz CT molecular complexity index is 799. The van der Waals surface area contributed by atoms with Gasteiger partial charge in [0.2, 0.25) is 6.79 Å². The Hall–Kier alpha value is -2.41. The lowest BCUT2D eigenvalue weighted by molar-refractivity contribution is 0.0894. The molecule has 0 atom stereocenters. The lowest BCUT2D eigenvalue weighted by Gasteiger charge is -2.07. The molecular formula is C14H9ClF2N2O3. The molecule has 1 aliphatic heterocycles. The zero-order valence-electron chi connectivity index (χ0n) is 11.0. The van der Waals surface area contributed by atoms with Crippen molar-refractivity contribution in [1.29, 1.82) is 0 Å². The second-order valence-corrected chi connectivity index (χ2v) is 4.94. The van der Waals surface area contributed by atoms with E-state index in [1.54, 1.807) is 24.3 Å². The molecule has 1 N–H and O–H groups in total. The van der Waals surface area contributed by atoms with Crippen LogP contribution in [0.4, 0.5) is 8.78 Å². The molecule has 0 saturated carbocycles. The molecule has 0 saturated heterocycles. The van der Waals surface area contributed by atoms with Gasteiger partial charge in [-0.05, 0) is 41.4 Å². The molecule has 0 unspecified atom stereocenters. The number of nitrogens with zero attached hydrogens (tertiary/aromatic N) is 1. The molecule has 0 bridgehead atoms. The van der Waals surface area contributed by atoms with E-state index in [1.807, 2.05) is 4.98 Å². The molecule has 22 heavy (non-hydrogen) atoms. The Balaban J connectivity index is 1.89. The molecule has 5 nitrogen and oxygen atoms in total. The Morgan fingerprint density at radius 3 is 2.77 bits per heavy atom. The van der Waals surface area contributed by atoms with Crippen molar-refractivity contribution >= 4 is 23.8 Å². The first-order chi connectivity index (χ1) is 10.4. The minimum absolute atomic E-state index is 0.0664. The number of aromatic nitrogens is 2. The van der Waals surface area contributed by atoms with E-state index >= 15 is 0 Å². The summed E-state index contributed by atoms with van der Waals surface area (Å²) in [5, 5.41) is -3.66. The number of fused-ring (bicyclic) bond motifs is 1. The highest BCUT2D eigenvalue weighted by Gasteiger charge is 2.29. The number of aromatic amines is 1. The van der Waals surface area contributed by atoms with Crippen molar-refractivity contribution in [3.8, 4) is 11.5 Å². The van der Waals surface area contributed by atoms with Crippen LogP contribution in [0.3, 0.4) is 0 Å². The van der Waals surface area contributed by atoms with E-state index in [0.717, 1.165) is 11.6 Å². The fraction of sp³-hybridized carbons (Fsp3) is 0.143. The topological polar surface area (TPSA) is 64.2 Å². The van der Waals surface area contributed by atoms with Crippen molar-refractivity contribution in [2.24, 2.45) is 0 Å². The SMILES string of the molecule is O=c1nc(/C=C/c2ccc3c(c2)OCO3)cc(C(F)(F)Cl)[nH]1. The molecule has 8 heteroatoms. The molecule has 1 aromatic heterocycles. The van der Waals surface area contributed by atoms with Crippen LogP contribution in [-0.4, -0.2) is 16.8 Å². The molecule has 2 heterocycles. The standard InChI is InChI=1S/C14H9ClF2N2O3/c15-14(16,17)12-6-9(18-13(20)19-12)3-1-8-2-4-10-11(5-8)22-7-21-10/h1-6H,7H2,(H,18,19,20)/b3-1+. The number of rotatable bonds is 3. The number of benzene rings is 1. The van der Waals surface area contributed by atoms with Crippen molar-refractivity contribution < 1.29 is 18.3 Å². The summed E-state index contributed by atoms with van der Waals surface area (Å²) in [7, 11) is 0. The van der Waals surface area contributed by atoms with Gasteiger partial charge in [-0.2, -0.15) is 13.8 Å². The Morgan fingerprint density at radius 1 is 1.23 bits per heavy atom. The summed E-state index contributed by atoms with van der Waals surface area (Å²) < 4.78 is 36.5. The van der Waals surface area contributed by atoms with Crippen molar-refractivity contribution in [3.63, 3.8) is 0 Å². The van der Waals surface area contributed by atoms with Crippen LogP contribution in [0.25, 0.3) is 12.2 Å². The third-order valence-corrected chi connectivity index (χ3v) is 3.12. The van der Waals surface area contributed by atoms with Crippen molar-refractivity contribution in [1.82, 2.24) is 9.97 Å². The molecule has 0 fully saturated rings. The van der Waals surface area contributed by atoms with E-state index in [1.165, 1.54) is 6.08 Å². The largest absolute Gasteiger partial charge is 0.454 e. The fourth-order valence-electron chi connectivity index (χ4n) is 1.91. The van der Waals surface area contributed by atoms with Crippen LogP contribution in [0, 0.1) is 0 Å². The van der Waals surface area contributed by atoms with Gasteiger partial charge < -0.3 is 14.5 Å². The van der Waals surface area contributed by atoms with Crippen molar-refractivity contribution in [2.75, 3.05) is 6.79 Å². The maximum absolute atomic E-state index is 13.0. The van der Waals surface area contributed by atoms with E-state index in [0.29, 0.717) is 11.5 Å². The monoisotopic (exact) mass is 326 g/mol. The van der Waals surface area contributed by atoms with Gasteiger partial charge in [0.25, 0.3) is 0 Å². The molecule has 0 amide bonds. The average Bonchev–Trinajstić information content (AvgIpc) is 2.91. The van der Waals surface area contributed by atoms with Crippen LogP contribution in [0.2, 0.25) is 0 Å². The molecule has 2 aromatic rings. The smallest absolute Gasteiger partial charge is 0.362 e. The third kappa shape index (κ3) is 3.09. The Kier molecular flexibility index (Phi) is 3.58. The summed E-state index contributed by atoms with van der Waals surface area (Å²) in [5.41, 5.74) is -0.801. The average molecular weight is 327 g/mol. The molecule has 0 aliphatic carbocycles. The highest BCUT2D eigenvalue weighted by molar-refractivity contribution is 6.21. The van der Waals surface area contributed by atoms with Gasteiger partial charge in [-0.3, -0.25) is 0 Å². The minimum Gasteiger partial charge on any atom is -0.454 e. The maximum Gasteiger partial charge on any atom is 0.362 e. The van der Waals surface area contributed by atoms with Gasteiger partial charge in [-0.1, -0.05) is 12.1 Å². The second kappa shape index (κ2) is 5.42. The fourth-order valence-corrected chi connectivity index (χ4v) is 2.01. The number of nitrogens with one attached hydrogen (secondary N) is 1. The molecule has 1 aromatic carbocycles. The third-order valence-electron chi connectivity index (χ3n) is 2.91. The molecule has 114 valence electrons. The number of H-pyrrole nitrogens is 1. The highest BCUT2D eigenvalue weighted by Crippen LogP contribution is 2.33. The predicted octanol–water partition coefficient (Wildman–Crippen LogP) is 2.96. The molecule has 3 rings (SSSR count). The first-order valence-corrected chi connectivity index (χ1v) is 6.56. The summed E-state index contributed by atoms with van der Waals surface area (Å²) in [6.45, 7) is 0.159. The Labute approximate surface area is 128 Å². The van der Waals surface area contributed by atoms with Crippen LogP contribution in [0.15, 0.2) is 29.1 Å². The number of hydrogen-bond donors (Lipinski definition) is 1. The van der Waals surface area contributed by atoms with Gasteiger partial charge >= 0.3 is 11.1 Å². The van der Waals surface area contributed by atoms with Gasteiger partial charge in [-0.25, -0.2) is 4.79 Å². The van der Waals surface area contributed by atoms with Crippen LogP contribution in [0.1, 0.15) is 17.0 Å². The minimum atomic E-state index is -3.66. The summed E-state index contributed by atoms with van der Waals surface area (Å²) >= 11 is 4.90. The lowest BCUT2D eigenvalue weighted by atomic mass is 10.1. The zero-order valence-corrected chi connectivity index (χ0v) is 11.7. The highest BCUT2D eigenvalue weighted by atomic mass is 35.5. The number of halogens is 3. The maximum atomic E-state index is 13.0. The second-order valence-electron chi connectivity index (χ2n) is 4.47. The summed E-state index contributed by atoms with van der Waals surface area (Å²) in [6.07, 6.45) is 3.04. The predicted molar refractivity (Wildman–Crippen MR) is 76.1 cm³/mol. The zero-order chi connectivity index (χ0) is 15.7. The first kappa shape index (κ1) is 14.5. The molecular weight excluding hydrogens is 318 g/mol. The van der Waals surface area contributed by atoms with E-state index < -0.39 is 16.8 Å². The van der Waals surface area contributed by atoms with Gasteiger partial charge in [0, 0.05) is 0 Å². The summed E-state index contributed by atoms with van der Waals surface area (Å²) in [5.74, 6) is 1.23. The van der Waals surface area contributed by atoms with Crippen LogP contribution < -0.4 is 15.2 Å². The van der Waals surface area contributed by atoms with Gasteiger partial charge in [0.15, 0.2) is 11.5 Å². The summed E-state index contributed by atoms with van der Waals surface area (Å²) in [4.78, 5) is 16.8. The number of hydrogen-bond acceptors (Lipinski definition) is 4. The van der Waals surface area contributed by atoms with E-state index in [4.69, 9.17) is 21.1 Å². The Morgan fingerprint density at radius 2 is 2.00 bits per heavy atom. The molecule has 1 aliphatic rings. The van der Waals surface area contributed by atoms with Gasteiger partial charge in [0.05, 0.1) is 5.69 Å². The van der Waals surface area contributed by atoms with Gasteiger partial charge in [0.1, 0.15) is 5.69 Å². The quantitative estimate of drug-likeness (QED) is 0.881. The van der Waals surface area contributed by atoms with Crippen LogP contribution in [-0.2, 0) is 5.38 Å². The summed E-state index contributed by atoms with van der Waals surface area (Å²) in [6, 6.07) is 6.22. The van der Waals surface area contributed by atoms with Crippen molar-refractivity contribution in [3.05, 3.63) is 51.7 Å². The molecule has 0 radical (unpaired) electrons. The molecule has 0 spiro atoms. The van der Waals surface area contributed by atoms with Crippen LogP contribution >= 0.6 is 11.6 Å².